The van der Waals surface area contributed by atoms with E-state index in [0.29, 0.717) is 31.6 Å². The van der Waals surface area contributed by atoms with Crippen molar-refractivity contribution in [2.45, 2.75) is 23.3 Å². The summed E-state index contributed by atoms with van der Waals surface area (Å²) in [4.78, 5) is 11.4. The van der Waals surface area contributed by atoms with E-state index in [1.807, 2.05) is 0 Å². The molecule has 1 saturated heterocycles. The monoisotopic (exact) mass is 284 g/mol. The number of carboxylic acid groups (broad SMARTS) is 1. The first-order valence-electron chi connectivity index (χ1n) is 6.11. The molecule has 1 N–H and O–H groups in total. The lowest BCUT2D eigenvalue weighted by molar-refractivity contribution is -0.136. The molecule has 6 heteroatoms. The van der Waals surface area contributed by atoms with Crippen molar-refractivity contribution in [1.29, 1.82) is 0 Å². The van der Waals surface area contributed by atoms with Crippen LogP contribution in [0.1, 0.15) is 23.7 Å². The molecule has 0 bridgehead atoms. The van der Waals surface area contributed by atoms with Gasteiger partial charge in [-0.1, -0.05) is 30.3 Å². The molecule has 0 aromatic heterocycles. The number of carboxylic acids is 1. The number of carbonyl (C=O) groups is 1. The van der Waals surface area contributed by atoms with Crippen molar-refractivity contribution >= 4 is 15.8 Å². The molecule has 1 aliphatic heterocycles. The van der Waals surface area contributed by atoms with Gasteiger partial charge >= 0.3 is 5.97 Å². The number of benzene rings is 1. The highest BCUT2D eigenvalue weighted by molar-refractivity contribution is 7.93. The van der Waals surface area contributed by atoms with Crippen molar-refractivity contribution in [2.75, 3.05) is 13.2 Å². The van der Waals surface area contributed by atoms with Crippen molar-refractivity contribution in [3.05, 3.63) is 35.9 Å². The molecule has 1 fully saturated rings. The van der Waals surface area contributed by atoms with E-state index in [1.54, 1.807) is 18.2 Å². The van der Waals surface area contributed by atoms with Gasteiger partial charge in [0.25, 0.3) is 0 Å². The minimum Gasteiger partial charge on any atom is -0.480 e. The molecule has 104 valence electrons. The lowest BCUT2D eigenvalue weighted by atomic mass is 10.1. The summed E-state index contributed by atoms with van der Waals surface area (Å²) in [6.45, 7) is 0.732. The van der Waals surface area contributed by atoms with Gasteiger partial charge in [-0.15, -0.1) is 0 Å². The Morgan fingerprint density at radius 1 is 1.21 bits per heavy atom. The molecule has 1 atom stereocenters. The molecule has 19 heavy (non-hydrogen) atoms. The molecule has 0 saturated carbocycles. The van der Waals surface area contributed by atoms with Gasteiger partial charge in [0.1, 0.15) is 0 Å². The van der Waals surface area contributed by atoms with E-state index in [9.17, 15) is 18.3 Å². The molecule has 1 unspecified atom stereocenters. The molecule has 1 aromatic rings. The van der Waals surface area contributed by atoms with E-state index in [-0.39, 0.29) is 0 Å². The van der Waals surface area contributed by atoms with Crippen molar-refractivity contribution in [2.24, 2.45) is 0 Å². The van der Waals surface area contributed by atoms with Crippen molar-refractivity contribution in [1.82, 2.24) is 0 Å². The molecule has 1 aromatic carbocycles. The summed E-state index contributed by atoms with van der Waals surface area (Å²) >= 11 is 0. The van der Waals surface area contributed by atoms with Crippen molar-refractivity contribution < 1.29 is 23.1 Å². The standard InChI is InChI=1S/C13H16O5S/c14-13(15)12(10-4-2-1-3-5-10)19(16,17)11-6-8-18-9-7-11/h1-5,11-12H,6-9H2,(H,14,15). The highest BCUT2D eigenvalue weighted by Gasteiger charge is 2.40. The average molecular weight is 284 g/mol. The summed E-state index contributed by atoms with van der Waals surface area (Å²) < 4.78 is 30.1. The van der Waals surface area contributed by atoms with Crippen LogP contribution in [0, 0.1) is 0 Å². The van der Waals surface area contributed by atoms with Gasteiger partial charge in [0.2, 0.25) is 0 Å². The molecular formula is C13H16O5S. The topological polar surface area (TPSA) is 80.7 Å². The molecule has 1 heterocycles. The van der Waals surface area contributed by atoms with Crippen LogP contribution in [0.4, 0.5) is 0 Å². The van der Waals surface area contributed by atoms with Crippen molar-refractivity contribution in [3.63, 3.8) is 0 Å². The molecule has 5 nitrogen and oxygen atoms in total. The van der Waals surface area contributed by atoms with E-state index >= 15 is 0 Å². The van der Waals surface area contributed by atoms with Crippen LogP contribution in [0.3, 0.4) is 0 Å². The fraction of sp³-hybridized carbons (Fsp3) is 0.462. The van der Waals surface area contributed by atoms with Gasteiger partial charge in [-0.3, -0.25) is 4.79 Å². The summed E-state index contributed by atoms with van der Waals surface area (Å²) in [7, 11) is -3.76. The third kappa shape index (κ3) is 2.96. The van der Waals surface area contributed by atoms with Gasteiger partial charge in [-0.05, 0) is 18.4 Å². The summed E-state index contributed by atoms with van der Waals surface area (Å²) in [5.41, 5.74) is 0.307. The van der Waals surface area contributed by atoms with E-state index in [4.69, 9.17) is 4.74 Å². The van der Waals surface area contributed by atoms with E-state index in [0.717, 1.165) is 0 Å². The molecule has 0 spiro atoms. The zero-order chi connectivity index (χ0) is 13.9. The Labute approximate surface area is 112 Å². The minimum absolute atomic E-state index is 0.307. The zero-order valence-electron chi connectivity index (χ0n) is 10.4. The fourth-order valence-electron chi connectivity index (χ4n) is 2.30. The van der Waals surface area contributed by atoms with Crippen LogP contribution in [0.2, 0.25) is 0 Å². The van der Waals surface area contributed by atoms with Gasteiger partial charge in [-0.2, -0.15) is 0 Å². The molecular weight excluding hydrogens is 268 g/mol. The lowest BCUT2D eigenvalue weighted by Crippen LogP contribution is -2.35. The highest BCUT2D eigenvalue weighted by Crippen LogP contribution is 2.30. The quantitative estimate of drug-likeness (QED) is 0.904. The molecule has 1 aliphatic rings. The van der Waals surface area contributed by atoms with E-state index < -0.39 is 26.3 Å². The van der Waals surface area contributed by atoms with Gasteiger partial charge in [0, 0.05) is 13.2 Å². The van der Waals surface area contributed by atoms with Crippen LogP contribution in [0.5, 0.6) is 0 Å². The predicted molar refractivity (Wildman–Crippen MR) is 69.6 cm³/mol. The fourth-order valence-corrected chi connectivity index (χ4v) is 4.35. The van der Waals surface area contributed by atoms with Gasteiger partial charge in [0.15, 0.2) is 15.1 Å². The predicted octanol–water partition coefficient (Wildman–Crippen LogP) is 1.41. The number of hydrogen-bond acceptors (Lipinski definition) is 4. The molecule has 0 radical (unpaired) electrons. The Bertz CT molecular complexity index is 531. The van der Waals surface area contributed by atoms with Gasteiger partial charge in [-0.25, -0.2) is 8.42 Å². The maximum absolute atomic E-state index is 12.5. The van der Waals surface area contributed by atoms with Crippen LogP contribution in [0.15, 0.2) is 30.3 Å². The Morgan fingerprint density at radius 2 is 1.79 bits per heavy atom. The van der Waals surface area contributed by atoms with Crippen LogP contribution < -0.4 is 0 Å². The number of sulfone groups is 1. The molecule has 2 rings (SSSR count). The second-order valence-corrected chi connectivity index (χ2v) is 6.85. The Hall–Kier alpha value is -1.40. The first kappa shape index (κ1) is 14.0. The first-order chi connectivity index (χ1) is 9.03. The van der Waals surface area contributed by atoms with Crippen molar-refractivity contribution in [3.8, 4) is 0 Å². The minimum atomic E-state index is -3.76. The SMILES string of the molecule is O=C(O)C(c1ccccc1)S(=O)(=O)C1CCOCC1. The molecule has 0 amide bonds. The zero-order valence-corrected chi connectivity index (χ0v) is 11.2. The van der Waals surface area contributed by atoms with Crippen LogP contribution in [-0.4, -0.2) is 38.0 Å². The maximum atomic E-state index is 12.5. The van der Waals surface area contributed by atoms with E-state index in [2.05, 4.69) is 0 Å². The van der Waals surface area contributed by atoms with Crippen LogP contribution in [-0.2, 0) is 19.4 Å². The largest absolute Gasteiger partial charge is 0.480 e. The first-order valence-corrected chi connectivity index (χ1v) is 7.72. The number of rotatable bonds is 4. The van der Waals surface area contributed by atoms with E-state index in [1.165, 1.54) is 12.1 Å². The Balaban J connectivity index is 2.36. The van der Waals surface area contributed by atoms with Gasteiger partial charge in [0.05, 0.1) is 5.25 Å². The van der Waals surface area contributed by atoms with Gasteiger partial charge < -0.3 is 9.84 Å². The average Bonchev–Trinajstić information content (AvgIpc) is 2.40. The number of hydrogen-bond donors (Lipinski definition) is 1. The third-order valence-electron chi connectivity index (χ3n) is 3.29. The summed E-state index contributed by atoms with van der Waals surface area (Å²) in [5, 5.41) is 7.16. The van der Waals surface area contributed by atoms with Crippen LogP contribution >= 0.6 is 0 Å². The smallest absolute Gasteiger partial charge is 0.326 e. The second kappa shape index (κ2) is 5.71. The number of aliphatic carboxylic acids is 1. The molecule has 0 aliphatic carbocycles. The highest BCUT2D eigenvalue weighted by atomic mass is 32.2. The Kier molecular flexibility index (Phi) is 4.21. The second-order valence-electron chi connectivity index (χ2n) is 4.53. The summed E-state index contributed by atoms with van der Waals surface area (Å²) in [5.74, 6) is -1.32. The van der Waals surface area contributed by atoms with Crippen LogP contribution in [0.25, 0.3) is 0 Å². The third-order valence-corrected chi connectivity index (χ3v) is 5.82. The summed E-state index contributed by atoms with van der Waals surface area (Å²) in [6.07, 6.45) is 0.720. The Morgan fingerprint density at radius 3 is 2.32 bits per heavy atom. The summed E-state index contributed by atoms with van der Waals surface area (Å²) in [6, 6.07) is 8.09. The maximum Gasteiger partial charge on any atom is 0.326 e. The number of ether oxygens (including phenoxy) is 1. The normalized spacial score (nSPS) is 18.9. The lowest BCUT2D eigenvalue weighted by Gasteiger charge is -2.25.